The monoisotopic (exact) mass is 502 g/mol. The Morgan fingerprint density at radius 1 is 0.919 bits per heavy atom. The second-order valence-corrected chi connectivity index (χ2v) is 7.86. The van der Waals surface area contributed by atoms with Gasteiger partial charge < -0.3 is 19.3 Å². The van der Waals surface area contributed by atoms with E-state index in [4.69, 9.17) is 19.3 Å². The second-order valence-electron chi connectivity index (χ2n) is 7.86. The molecular formula is C27H22N2O8. The molecule has 1 heterocycles. The normalized spacial score (nSPS) is 14.4. The maximum Gasteiger partial charge on any atom is 0.335 e. The highest BCUT2D eigenvalue weighted by molar-refractivity contribution is 6.39. The highest BCUT2D eigenvalue weighted by Gasteiger charge is 2.36. The number of hydrogen-bond acceptors (Lipinski definition) is 7. The first-order chi connectivity index (χ1) is 17.8. The Kier molecular flexibility index (Phi) is 7.19. The third kappa shape index (κ3) is 5.43. The number of anilines is 1. The van der Waals surface area contributed by atoms with Crippen LogP contribution in [0, 0.1) is 0 Å². The van der Waals surface area contributed by atoms with Crippen LogP contribution in [0.5, 0.6) is 17.2 Å². The molecule has 0 atom stereocenters. The fourth-order valence-electron chi connectivity index (χ4n) is 3.59. The van der Waals surface area contributed by atoms with Crippen LogP contribution in [0.4, 0.5) is 10.5 Å². The van der Waals surface area contributed by atoms with Crippen LogP contribution in [-0.4, -0.2) is 43.1 Å². The molecule has 1 saturated heterocycles. The van der Waals surface area contributed by atoms with E-state index in [-0.39, 0.29) is 23.4 Å². The molecule has 0 radical (unpaired) electrons. The third-order valence-corrected chi connectivity index (χ3v) is 5.53. The average molecular weight is 502 g/mol. The molecule has 1 aliphatic rings. The van der Waals surface area contributed by atoms with Gasteiger partial charge in [-0.2, -0.15) is 0 Å². The topological polar surface area (TPSA) is 131 Å². The highest BCUT2D eigenvalue weighted by atomic mass is 16.5. The van der Waals surface area contributed by atoms with E-state index < -0.39 is 23.8 Å². The summed E-state index contributed by atoms with van der Waals surface area (Å²) in [5.41, 5.74) is 1.44. The lowest BCUT2D eigenvalue weighted by Gasteiger charge is -2.26. The SMILES string of the molecule is COc1ccc(N2C(=O)NC(=O)/C(=C\c3ccc(OCc4ccc(C(=O)O)cc4)c(OC)c3)C2=O)cc1. The van der Waals surface area contributed by atoms with Crippen LogP contribution in [0.3, 0.4) is 0 Å². The Hall–Kier alpha value is -5.12. The Morgan fingerprint density at radius 3 is 2.24 bits per heavy atom. The number of barbiturate groups is 1. The minimum Gasteiger partial charge on any atom is -0.497 e. The third-order valence-electron chi connectivity index (χ3n) is 5.53. The standard InChI is InChI=1S/C27H22N2O8/c1-35-20-10-8-19(9-11-20)29-25(31)21(24(30)28-27(29)34)13-17-5-12-22(23(14-17)36-2)37-15-16-3-6-18(7-4-16)26(32)33/h3-14H,15H2,1-2H3,(H,32,33)(H,28,30,34)/b21-13+. The molecule has 188 valence electrons. The Bertz CT molecular complexity index is 1390. The van der Waals surface area contributed by atoms with E-state index in [9.17, 15) is 19.2 Å². The zero-order valence-electron chi connectivity index (χ0n) is 19.9. The maximum atomic E-state index is 13.1. The molecule has 4 rings (SSSR count). The van der Waals surface area contributed by atoms with E-state index in [1.54, 1.807) is 42.5 Å². The van der Waals surface area contributed by atoms with Crippen LogP contribution >= 0.6 is 0 Å². The van der Waals surface area contributed by atoms with Gasteiger partial charge in [0.05, 0.1) is 25.5 Å². The van der Waals surface area contributed by atoms with E-state index in [2.05, 4.69) is 5.32 Å². The summed E-state index contributed by atoms with van der Waals surface area (Å²) < 4.78 is 16.3. The lowest BCUT2D eigenvalue weighted by molar-refractivity contribution is -0.122. The van der Waals surface area contributed by atoms with Gasteiger partial charge >= 0.3 is 12.0 Å². The van der Waals surface area contributed by atoms with Crippen molar-refractivity contribution >= 4 is 35.6 Å². The molecule has 1 fully saturated rings. The number of hydrogen-bond donors (Lipinski definition) is 2. The molecular weight excluding hydrogens is 480 g/mol. The first kappa shape index (κ1) is 25.0. The van der Waals surface area contributed by atoms with Crippen molar-refractivity contribution in [2.75, 3.05) is 19.1 Å². The fraction of sp³-hybridized carbons (Fsp3) is 0.111. The number of amides is 4. The molecule has 0 spiro atoms. The van der Waals surface area contributed by atoms with Gasteiger partial charge in [0.2, 0.25) is 0 Å². The van der Waals surface area contributed by atoms with Gasteiger partial charge in [-0.25, -0.2) is 14.5 Å². The molecule has 3 aromatic carbocycles. The molecule has 37 heavy (non-hydrogen) atoms. The molecule has 1 aliphatic heterocycles. The molecule has 0 aliphatic carbocycles. The summed E-state index contributed by atoms with van der Waals surface area (Å²) in [6.45, 7) is 0.163. The lowest BCUT2D eigenvalue weighted by Crippen LogP contribution is -2.54. The fourth-order valence-corrected chi connectivity index (χ4v) is 3.59. The van der Waals surface area contributed by atoms with Crippen molar-refractivity contribution in [3.63, 3.8) is 0 Å². The van der Waals surface area contributed by atoms with Crippen molar-refractivity contribution in [2.45, 2.75) is 6.61 Å². The molecule has 0 unspecified atom stereocenters. The summed E-state index contributed by atoms with van der Waals surface area (Å²) in [7, 11) is 2.94. The number of nitrogens with zero attached hydrogens (tertiary/aromatic N) is 1. The predicted molar refractivity (Wildman–Crippen MR) is 133 cm³/mol. The molecule has 4 amide bonds. The van der Waals surface area contributed by atoms with E-state index in [0.717, 1.165) is 10.5 Å². The summed E-state index contributed by atoms with van der Waals surface area (Å²) in [5.74, 6) is -1.30. The van der Waals surface area contributed by atoms with Gasteiger partial charge in [0.1, 0.15) is 17.9 Å². The zero-order chi connectivity index (χ0) is 26.5. The van der Waals surface area contributed by atoms with Gasteiger partial charge in [0, 0.05) is 0 Å². The molecule has 2 N–H and O–H groups in total. The Morgan fingerprint density at radius 2 is 1.62 bits per heavy atom. The van der Waals surface area contributed by atoms with Gasteiger partial charge in [-0.1, -0.05) is 18.2 Å². The summed E-state index contributed by atoms with van der Waals surface area (Å²) in [4.78, 5) is 49.9. The molecule has 0 saturated carbocycles. The largest absolute Gasteiger partial charge is 0.497 e. The van der Waals surface area contributed by atoms with Crippen molar-refractivity contribution in [3.05, 3.63) is 89.0 Å². The van der Waals surface area contributed by atoms with Crippen LogP contribution in [0.1, 0.15) is 21.5 Å². The van der Waals surface area contributed by atoms with Crippen LogP contribution < -0.4 is 24.4 Å². The van der Waals surface area contributed by atoms with Crippen molar-refractivity contribution < 1.29 is 38.5 Å². The minimum atomic E-state index is -1.01. The smallest absolute Gasteiger partial charge is 0.335 e. The molecule has 3 aromatic rings. The quantitative estimate of drug-likeness (QED) is 0.353. The van der Waals surface area contributed by atoms with Gasteiger partial charge in [0.15, 0.2) is 11.5 Å². The number of benzene rings is 3. The Balaban J connectivity index is 1.55. The van der Waals surface area contributed by atoms with Crippen molar-refractivity contribution in [2.24, 2.45) is 0 Å². The number of methoxy groups -OCH3 is 2. The minimum absolute atomic E-state index is 0.163. The second kappa shape index (κ2) is 10.6. The van der Waals surface area contributed by atoms with Crippen LogP contribution in [-0.2, 0) is 16.2 Å². The number of aromatic carboxylic acids is 1. The number of carboxylic acid groups (broad SMARTS) is 1. The van der Waals surface area contributed by atoms with E-state index in [1.165, 1.54) is 44.6 Å². The van der Waals surface area contributed by atoms with Gasteiger partial charge in [-0.15, -0.1) is 0 Å². The zero-order valence-corrected chi connectivity index (χ0v) is 19.9. The molecule has 0 aromatic heterocycles. The highest BCUT2D eigenvalue weighted by Crippen LogP contribution is 2.31. The number of carboxylic acids is 1. The number of urea groups is 1. The first-order valence-electron chi connectivity index (χ1n) is 11.0. The van der Waals surface area contributed by atoms with Crippen LogP contribution in [0.25, 0.3) is 6.08 Å². The van der Waals surface area contributed by atoms with Crippen molar-refractivity contribution in [1.82, 2.24) is 5.32 Å². The van der Waals surface area contributed by atoms with Gasteiger partial charge in [-0.05, 0) is 65.7 Å². The van der Waals surface area contributed by atoms with Crippen LogP contribution in [0.2, 0.25) is 0 Å². The number of carbonyl (C=O) groups excluding carboxylic acids is 3. The number of rotatable bonds is 8. The summed E-state index contributed by atoms with van der Waals surface area (Å²) in [5, 5.41) is 11.2. The average Bonchev–Trinajstić information content (AvgIpc) is 2.90. The summed E-state index contributed by atoms with van der Waals surface area (Å²) in [6, 6.07) is 16.5. The van der Waals surface area contributed by atoms with E-state index in [1.807, 2.05) is 0 Å². The lowest BCUT2D eigenvalue weighted by atomic mass is 10.1. The number of ether oxygens (including phenoxy) is 3. The van der Waals surface area contributed by atoms with Crippen LogP contribution in [0.15, 0.2) is 72.3 Å². The Labute approximate surface area is 211 Å². The summed E-state index contributed by atoms with van der Waals surface area (Å²) >= 11 is 0. The molecule has 0 bridgehead atoms. The number of carbonyl (C=O) groups is 4. The summed E-state index contributed by atoms with van der Waals surface area (Å²) in [6.07, 6.45) is 1.36. The molecule has 10 nitrogen and oxygen atoms in total. The van der Waals surface area contributed by atoms with Gasteiger partial charge in [-0.3, -0.25) is 14.9 Å². The first-order valence-corrected chi connectivity index (χ1v) is 11.0. The van der Waals surface area contributed by atoms with Gasteiger partial charge in [0.25, 0.3) is 11.8 Å². The van der Waals surface area contributed by atoms with E-state index in [0.29, 0.717) is 22.8 Å². The van der Waals surface area contributed by atoms with E-state index >= 15 is 0 Å². The predicted octanol–water partition coefficient (Wildman–Crippen LogP) is 3.65. The number of nitrogens with one attached hydrogen (secondary N) is 1. The van der Waals surface area contributed by atoms with Crippen molar-refractivity contribution in [1.29, 1.82) is 0 Å². The molecule has 10 heteroatoms. The number of imide groups is 2. The maximum absolute atomic E-state index is 13.1. The van der Waals surface area contributed by atoms with Crippen molar-refractivity contribution in [3.8, 4) is 17.2 Å².